The second kappa shape index (κ2) is 6.99. The maximum Gasteiger partial charge on any atom is 0.337 e. The summed E-state index contributed by atoms with van der Waals surface area (Å²) < 4.78 is 37.6. The number of ether oxygens (including phenoxy) is 2. The fourth-order valence-corrected chi connectivity index (χ4v) is 2.95. The van der Waals surface area contributed by atoms with Gasteiger partial charge in [0.25, 0.3) is 0 Å². The number of benzene rings is 2. The van der Waals surface area contributed by atoms with Crippen molar-refractivity contribution in [2.24, 2.45) is 0 Å². The minimum absolute atomic E-state index is 0.109. The topological polar surface area (TPSA) is 35.5 Å². The van der Waals surface area contributed by atoms with E-state index < -0.39 is 17.6 Å². The van der Waals surface area contributed by atoms with E-state index in [1.807, 2.05) is 0 Å². The third-order valence-electron chi connectivity index (χ3n) is 4.23. The normalized spacial score (nSPS) is 14.6. The molecule has 1 aliphatic rings. The van der Waals surface area contributed by atoms with Crippen LogP contribution in [-0.4, -0.2) is 19.2 Å². The van der Waals surface area contributed by atoms with Gasteiger partial charge in [-0.25, -0.2) is 13.6 Å². The van der Waals surface area contributed by atoms with Gasteiger partial charge < -0.3 is 9.47 Å². The van der Waals surface area contributed by atoms with Crippen LogP contribution in [0.15, 0.2) is 36.4 Å². The quantitative estimate of drug-likeness (QED) is 0.759. The molecule has 5 heteroatoms. The Morgan fingerprint density at radius 1 is 1.04 bits per heavy atom. The Balaban J connectivity index is 2.03. The lowest BCUT2D eigenvalue weighted by molar-refractivity contribution is 0.0600. The lowest BCUT2D eigenvalue weighted by Crippen LogP contribution is -2.12. The molecule has 24 heavy (non-hydrogen) atoms. The molecule has 0 amide bonds. The number of carbonyl (C=O) groups is 1. The third kappa shape index (κ3) is 3.40. The van der Waals surface area contributed by atoms with Crippen molar-refractivity contribution in [3.05, 3.63) is 53.6 Å². The Hall–Kier alpha value is -2.43. The van der Waals surface area contributed by atoms with Gasteiger partial charge in [0.2, 0.25) is 0 Å². The summed E-state index contributed by atoms with van der Waals surface area (Å²) in [5, 5.41) is 0. The molecule has 1 aliphatic carbocycles. The molecular weight excluding hydrogens is 314 g/mol. The molecule has 0 radical (unpaired) electrons. The SMILES string of the molecule is COC(=O)c1ccc(OC2CCCC2)c(-c2ccc(F)c(F)c2)c1. The summed E-state index contributed by atoms with van der Waals surface area (Å²) in [4.78, 5) is 11.8. The second-order valence-corrected chi connectivity index (χ2v) is 5.86. The van der Waals surface area contributed by atoms with Crippen LogP contribution >= 0.6 is 0 Å². The Morgan fingerprint density at radius 3 is 2.46 bits per heavy atom. The zero-order valence-electron chi connectivity index (χ0n) is 13.4. The van der Waals surface area contributed by atoms with Crippen LogP contribution in [0.25, 0.3) is 11.1 Å². The summed E-state index contributed by atoms with van der Waals surface area (Å²) >= 11 is 0. The van der Waals surface area contributed by atoms with E-state index in [0.717, 1.165) is 37.8 Å². The monoisotopic (exact) mass is 332 g/mol. The molecule has 0 spiro atoms. The standard InChI is InChI=1S/C19H18F2O3/c1-23-19(22)13-7-9-18(24-14-4-2-3-5-14)15(10-13)12-6-8-16(20)17(21)11-12/h6-11,14H,2-5H2,1H3. The van der Waals surface area contributed by atoms with Crippen LogP contribution in [0.4, 0.5) is 8.78 Å². The zero-order chi connectivity index (χ0) is 17.1. The van der Waals surface area contributed by atoms with Crippen molar-refractivity contribution < 1.29 is 23.0 Å². The number of rotatable bonds is 4. The number of hydrogen-bond donors (Lipinski definition) is 0. The lowest BCUT2D eigenvalue weighted by atomic mass is 10.0. The Bertz CT molecular complexity index is 752. The van der Waals surface area contributed by atoms with Gasteiger partial charge in [0.15, 0.2) is 11.6 Å². The van der Waals surface area contributed by atoms with Crippen molar-refractivity contribution >= 4 is 5.97 Å². The van der Waals surface area contributed by atoms with Gasteiger partial charge in [-0.3, -0.25) is 0 Å². The molecule has 2 aromatic carbocycles. The van der Waals surface area contributed by atoms with E-state index in [4.69, 9.17) is 9.47 Å². The second-order valence-electron chi connectivity index (χ2n) is 5.86. The van der Waals surface area contributed by atoms with Gasteiger partial charge in [-0.2, -0.15) is 0 Å². The highest BCUT2D eigenvalue weighted by molar-refractivity contribution is 5.92. The minimum atomic E-state index is -0.942. The Morgan fingerprint density at radius 2 is 1.79 bits per heavy atom. The van der Waals surface area contributed by atoms with Crippen LogP contribution in [0.5, 0.6) is 5.75 Å². The molecule has 1 fully saturated rings. The first-order chi connectivity index (χ1) is 11.6. The predicted octanol–water partition coefficient (Wildman–Crippen LogP) is 4.74. The molecule has 3 nitrogen and oxygen atoms in total. The van der Waals surface area contributed by atoms with Crippen LogP contribution in [-0.2, 0) is 4.74 Å². The van der Waals surface area contributed by atoms with Gasteiger partial charge in [0.1, 0.15) is 5.75 Å². The van der Waals surface area contributed by atoms with E-state index in [9.17, 15) is 13.6 Å². The molecule has 0 aromatic heterocycles. The van der Waals surface area contributed by atoms with Gasteiger partial charge in [-0.1, -0.05) is 6.07 Å². The lowest BCUT2D eigenvalue weighted by Gasteiger charge is -2.17. The molecule has 0 bridgehead atoms. The summed E-state index contributed by atoms with van der Waals surface area (Å²) in [5.74, 6) is -1.80. The number of carbonyl (C=O) groups excluding carboxylic acids is 1. The van der Waals surface area contributed by atoms with Crippen LogP contribution in [0.3, 0.4) is 0 Å². The average molecular weight is 332 g/mol. The fraction of sp³-hybridized carbons (Fsp3) is 0.316. The molecule has 0 atom stereocenters. The van der Waals surface area contributed by atoms with Crippen LogP contribution in [0.2, 0.25) is 0 Å². The highest BCUT2D eigenvalue weighted by Crippen LogP contribution is 2.35. The fourth-order valence-electron chi connectivity index (χ4n) is 2.95. The smallest absolute Gasteiger partial charge is 0.337 e. The van der Waals surface area contributed by atoms with Gasteiger partial charge in [0.05, 0.1) is 18.8 Å². The number of methoxy groups -OCH3 is 1. The van der Waals surface area contributed by atoms with E-state index >= 15 is 0 Å². The van der Waals surface area contributed by atoms with Crippen LogP contribution < -0.4 is 4.74 Å². The number of hydrogen-bond acceptors (Lipinski definition) is 3. The predicted molar refractivity (Wildman–Crippen MR) is 86.0 cm³/mol. The average Bonchev–Trinajstić information content (AvgIpc) is 3.10. The van der Waals surface area contributed by atoms with Gasteiger partial charge in [-0.05, 0) is 61.6 Å². The van der Waals surface area contributed by atoms with Gasteiger partial charge in [-0.15, -0.1) is 0 Å². The third-order valence-corrected chi connectivity index (χ3v) is 4.23. The van der Waals surface area contributed by atoms with E-state index in [2.05, 4.69) is 0 Å². The van der Waals surface area contributed by atoms with Crippen molar-refractivity contribution in [1.29, 1.82) is 0 Å². The Kier molecular flexibility index (Phi) is 4.79. The maximum absolute atomic E-state index is 13.6. The van der Waals surface area contributed by atoms with Crippen molar-refractivity contribution in [2.75, 3.05) is 7.11 Å². The van der Waals surface area contributed by atoms with Crippen molar-refractivity contribution in [3.8, 4) is 16.9 Å². The van der Waals surface area contributed by atoms with E-state index in [0.29, 0.717) is 22.4 Å². The summed E-state index contributed by atoms with van der Waals surface area (Å²) in [5.41, 5.74) is 1.33. The van der Waals surface area contributed by atoms with E-state index in [1.165, 1.54) is 13.2 Å². The van der Waals surface area contributed by atoms with Gasteiger partial charge in [0, 0.05) is 5.56 Å². The molecule has 0 N–H and O–H groups in total. The Labute approximate surface area is 139 Å². The molecule has 0 heterocycles. The number of halogens is 2. The molecule has 0 saturated heterocycles. The largest absolute Gasteiger partial charge is 0.490 e. The summed E-state index contributed by atoms with van der Waals surface area (Å²) in [6.45, 7) is 0. The first kappa shape index (κ1) is 16.4. The van der Waals surface area contributed by atoms with Crippen molar-refractivity contribution in [1.82, 2.24) is 0 Å². The first-order valence-corrected chi connectivity index (χ1v) is 7.93. The maximum atomic E-state index is 13.6. The van der Waals surface area contributed by atoms with Crippen LogP contribution in [0, 0.1) is 11.6 Å². The molecular formula is C19H18F2O3. The first-order valence-electron chi connectivity index (χ1n) is 7.93. The van der Waals surface area contributed by atoms with Gasteiger partial charge >= 0.3 is 5.97 Å². The zero-order valence-corrected chi connectivity index (χ0v) is 13.4. The molecule has 3 rings (SSSR count). The molecule has 0 aliphatic heterocycles. The number of esters is 1. The summed E-state index contributed by atoms with van der Waals surface area (Å²) in [6.07, 6.45) is 4.28. The molecule has 126 valence electrons. The van der Waals surface area contributed by atoms with E-state index in [-0.39, 0.29) is 6.10 Å². The van der Waals surface area contributed by atoms with Crippen molar-refractivity contribution in [2.45, 2.75) is 31.8 Å². The highest BCUT2D eigenvalue weighted by Gasteiger charge is 2.20. The summed E-state index contributed by atoms with van der Waals surface area (Å²) in [7, 11) is 1.29. The molecule has 0 unspecified atom stereocenters. The summed E-state index contributed by atoms with van der Waals surface area (Å²) in [6, 6.07) is 8.52. The highest BCUT2D eigenvalue weighted by atomic mass is 19.2. The van der Waals surface area contributed by atoms with E-state index in [1.54, 1.807) is 18.2 Å². The van der Waals surface area contributed by atoms with Crippen molar-refractivity contribution in [3.63, 3.8) is 0 Å². The molecule has 2 aromatic rings. The molecule has 1 saturated carbocycles. The van der Waals surface area contributed by atoms with Crippen LogP contribution in [0.1, 0.15) is 36.0 Å². The minimum Gasteiger partial charge on any atom is -0.490 e.